The molecule has 1 atom stereocenters. The molecule has 0 aromatic heterocycles. The van der Waals surface area contributed by atoms with Crippen LogP contribution in [0, 0.1) is 16.7 Å². The fourth-order valence-corrected chi connectivity index (χ4v) is 3.10. The van der Waals surface area contributed by atoms with Crippen LogP contribution in [-0.4, -0.2) is 18.9 Å². The summed E-state index contributed by atoms with van der Waals surface area (Å²) < 4.78 is 0. The van der Waals surface area contributed by atoms with E-state index in [1.165, 1.54) is 11.3 Å². The van der Waals surface area contributed by atoms with Gasteiger partial charge in [0.1, 0.15) is 6.07 Å². The van der Waals surface area contributed by atoms with Crippen LogP contribution in [0.25, 0.3) is 6.08 Å². The van der Waals surface area contributed by atoms with Gasteiger partial charge in [-0.2, -0.15) is 5.26 Å². The average molecular weight is 310 g/mol. The molecule has 1 aliphatic rings. The molecule has 1 heterocycles. The van der Waals surface area contributed by atoms with Crippen LogP contribution in [0.15, 0.2) is 23.8 Å². The van der Waals surface area contributed by atoms with E-state index in [0.29, 0.717) is 6.04 Å². The number of benzene rings is 1. The monoisotopic (exact) mass is 310 g/mol. The summed E-state index contributed by atoms with van der Waals surface area (Å²) in [5.74, 6) is -0.120. The van der Waals surface area contributed by atoms with Crippen molar-refractivity contribution in [3.05, 3.63) is 34.9 Å². The predicted molar refractivity (Wildman–Crippen MR) is 95.4 cm³/mol. The van der Waals surface area contributed by atoms with E-state index in [0.717, 1.165) is 5.56 Å². The number of carbonyl (C=O) groups is 1. The lowest BCUT2D eigenvalue weighted by molar-refractivity contribution is -0.121. The molecular weight excluding hydrogens is 284 g/mol. The van der Waals surface area contributed by atoms with E-state index < -0.39 is 5.41 Å². The molecule has 23 heavy (non-hydrogen) atoms. The van der Waals surface area contributed by atoms with Gasteiger partial charge in [0.05, 0.1) is 5.57 Å². The number of hydrogen-bond acceptors (Lipinski definition) is 3. The Bertz CT molecular complexity index is 714. The summed E-state index contributed by atoms with van der Waals surface area (Å²) in [6.07, 6.45) is 1.72. The molecule has 0 unspecified atom stereocenters. The van der Waals surface area contributed by atoms with Crippen LogP contribution in [0.1, 0.15) is 52.7 Å². The Labute approximate surface area is 139 Å². The minimum atomic E-state index is -0.549. The van der Waals surface area contributed by atoms with E-state index in [2.05, 4.69) is 50.9 Å². The lowest BCUT2D eigenvalue weighted by atomic mass is 9.80. The summed E-state index contributed by atoms with van der Waals surface area (Å²) in [6, 6.07) is 8.65. The van der Waals surface area contributed by atoms with E-state index in [1.807, 2.05) is 26.8 Å². The SMILES string of the molecule is C[C@@H]1N(C)c2ccc(/C=C(\C#N)C(=O)C(C)(C)C)cc2C1(C)C. The Morgan fingerprint density at radius 1 is 1.35 bits per heavy atom. The van der Waals surface area contributed by atoms with E-state index in [9.17, 15) is 10.1 Å². The van der Waals surface area contributed by atoms with Gasteiger partial charge >= 0.3 is 0 Å². The molecule has 0 bridgehead atoms. The van der Waals surface area contributed by atoms with Crippen LogP contribution < -0.4 is 4.90 Å². The number of ketones is 1. The van der Waals surface area contributed by atoms with Gasteiger partial charge in [-0.3, -0.25) is 4.79 Å². The van der Waals surface area contributed by atoms with Crippen molar-refractivity contribution in [2.45, 2.75) is 53.0 Å². The first-order chi connectivity index (χ1) is 10.5. The number of nitrogens with zero attached hydrogens (tertiary/aromatic N) is 2. The van der Waals surface area contributed by atoms with Gasteiger partial charge in [-0.15, -0.1) is 0 Å². The third kappa shape index (κ3) is 2.91. The number of likely N-dealkylation sites (N-methyl/N-ethyl adjacent to an activating group) is 1. The molecule has 1 aromatic carbocycles. The number of nitriles is 1. The van der Waals surface area contributed by atoms with Crippen molar-refractivity contribution in [2.75, 3.05) is 11.9 Å². The standard InChI is InChI=1S/C20H26N2O/c1-13-20(5,6)16-11-14(8-9-17(16)22(13)7)10-15(12-21)18(23)19(2,3)4/h8-11,13H,1-7H3/b15-10+/t13-/m0/s1. The van der Waals surface area contributed by atoms with Gasteiger partial charge in [-0.25, -0.2) is 0 Å². The molecule has 1 aliphatic heterocycles. The quantitative estimate of drug-likeness (QED) is 0.603. The normalized spacial score (nSPS) is 20.2. The fourth-order valence-electron chi connectivity index (χ4n) is 3.10. The third-order valence-corrected chi connectivity index (χ3v) is 5.08. The molecule has 0 radical (unpaired) electrons. The van der Waals surface area contributed by atoms with Crippen molar-refractivity contribution in [1.29, 1.82) is 5.26 Å². The molecule has 0 aliphatic carbocycles. The first-order valence-corrected chi connectivity index (χ1v) is 8.04. The maximum Gasteiger partial charge on any atom is 0.178 e. The van der Waals surface area contributed by atoms with Gasteiger partial charge in [-0.05, 0) is 36.3 Å². The van der Waals surface area contributed by atoms with Gasteiger partial charge in [0.2, 0.25) is 0 Å². The second-order valence-corrected chi connectivity index (χ2v) is 8.03. The summed E-state index contributed by atoms with van der Waals surface area (Å²) in [6.45, 7) is 12.2. The molecule has 0 fully saturated rings. The van der Waals surface area contributed by atoms with Crippen LogP contribution in [-0.2, 0) is 10.2 Å². The Kier molecular flexibility index (Phi) is 4.15. The van der Waals surface area contributed by atoms with Crippen LogP contribution in [0.2, 0.25) is 0 Å². The Morgan fingerprint density at radius 2 is 1.96 bits per heavy atom. The molecule has 0 saturated carbocycles. The maximum absolute atomic E-state index is 12.4. The van der Waals surface area contributed by atoms with Crippen LogP contribution in [0.5, 0.6) is 0 Å². The Morgan fingerprint density at radius 3 is 2.48 bits per heavy atom. The second kappa shape index (κ2) is 5.53. The van der Waals surface area contributed by atoms with E-state index in [4.69, 9.17) is 0 Å². The highest BCUT2D eigenvalue weighted by Gasteiger charge is 2.40. The molecule has 3 nitrogen and oxygen atoms in total. The largest absolute Gasteiger partial charge is 0.371 e. The zero-order valence-electron chi connectivity index (χ0n) is 15.2. The van der Waals surface area contributed by atoms with Gasteiger partial charge in [0, 0.05) is 29.6 Å². The fraction of sp³-hybridized carbons (Fsp3) is 0.500. The maximum atomic E-state index is 12.4. The van der Waals surface area contributed by atoms with E-state index >= 15 is 0 Å². The van der Waals surface area contributed by atoms with Crippen molar-refractivity contribution >= 4 is 17.5 Å². The number of allylic oxidation sites excluding steroid dienone is 1. The topological polar surface area (TPSA) is 44.1 Å². The summed E-state index contributed by atoms with van der Waals surface area (Å²) in [5.41, 5.74) is 3.10. The lowest BCUT2D eigenvalue weighted by Gasteiger charge is -2.28. The average Bonchev–Trinajstić information content (AvgIpc) is 2.64. The molecule has 0 N–H and O–H groups in total. The summed E-state index contributed by atoms with van der Waals surface area (Å²) >= 11 is 0. The van der Waals surface area contributed by atoms with Crippen molar-refractivity contribution in [1.82, 2.24) is 0 Å². The molecule has 0 saturated heterocycles. The number of fused-ring (bicyclic) bond motifs is 1. The minimum absolute atomic E-state index is 0.0365. The number of rotatable bonds is 2. The summed E-state index contributed by atoms with van der Waals surface area (Å²) in [4.78, 5) is 14.7. The lowest BCUT2D eigenvalue weighted by Crippen LogP contribution is -2.36. The van der Waals surface area contributed by atoms with E-state index in [-0.39, 0.29) is 16.8 Å². The number of hydrogen-bond donors (Lipinski definition) is 0. The first kappa shape index (κ1) is 17.3. The zero-order valence-corrected chi connectivity index (χ0v) is 15.2. The highest BCUT2D eigenvalue weighted by Crippen LogP contribution is 2.44. The highest BCUT2D eigenvalue weighted by atomic mass is 16.1. The smallest absolute Gasteiger partial charge is 0.178 e. The van der Waals surface area contributed by atoms with Gasteiger partial charge in [0.25, 0.3) is 0 Å². The molecule has 3 heteroatoms. The molecular formula is C20H26N2O. The van der Waals surface area contributed by atoms with Crippen molar-refractivity contribution in [2.24, 2.45) is 5.41 Å². The Balaban J connectivity index is 2.49. The molecule has 0 amide bonds. The minimum Gasteiger partial charge on any atom is -0.371 e. The molecule has 2 rings (SSSR count). The molecule has 0 spiro atoms. The summed E-state index contributed by atoms with van der Waals surface area (Å²) in [5, 5.41) is 9.35. The summed E-state index contributed by atoms with van der Waals surface area (Å²) in [7, 11) is 2.11. The van der Waals surface area contributed by atoms with Crippen molar-refractivity contribution in [3.63, 3.8) is 0 Å². The van der Waals surface area contributed by atoms with Gasteiger partial charge in [0.15, 0.2) is 5.78 Å². The first-order valence-electron chi connectivity index (χ1n) is 8.04. The number of carbonyl (C=O) groups excluding carboxylic acids is 1. The molecule has 1 aromatic rings. The molecule has 122 valence electrons. The van der Waals surface area contributed by atoms with Crippen LogP contribution in [0.4, 0.5) is 5.69 Å². The number of Topliss-reactive ketones (excluding diaryl/α,β-unsaturated/α-hetero) is 1. The highest BCUT2D eigenvalue weighted by molar-refractivity contribution is 6.06. The van der Waals surface area contributed by atoms with Crippen molar-refractivity contribution < 1.29 is 4.79 Å². The van der Waals surface area contributed by atoms with E-state index in [1.54, 1.807) is 6.08 Å². The van der Waals surface area contributed by atoms with Gasteiger partial charge < -0.3 is 4.90 Å². The van der Waals surface area contributed by atoms with Crippen molar-refractivity contribution in [3.8, 4) is 6.07 Å². The third-order valence-electron chi connectivity index (χ3n) is 5.08. The van der Waals surface area contributed by atoms with Crippen LogP contribution >= 0.6 is 0 Å². The second-order valence-electron chi connectivity index (χ2n) is 8.03. The van der Waals surface area contributed by atoms with Crippen LogP contribution in [0.3, 0.4) is 0 Å². The predicted octanol–water partition coefficient (Wildman–Crippen LogP) is 4.32. The Hall–Kier alpha value is -2.08. The van der Waals surface area contributed by atoms with Gasteiger partial charge in [-0.1, -0.05) is 40.7 Å². The number of anilines is 1. The zero-order chi connectivity index (χ0) is 17.6.